The zero-order valence-electron chi connectivity index (χ0n) is 17.7. The molecule has 0 atom stereocenters. The Bertz CT molecular complexity index is 1110. The van der Waals surface area contributed by atoms with E-state index in [4.69, 9.17) is 16.0 Å². The monoisotopic (exact) mass is 436 g/mol. The first kappa shape index (κ1) is 21.2. The molecule has 0 radical (unpaired) electrons. The number of halogens is 1. The van der Waals surface area contributed by atoms with Crippen molar-refractivity contribution >= 4 is 23.3 Å². The summed E-state index contributed by atoms with van der Waals surface area (Å²) in [6.45, 7) is 5.26. The maximum atomic E-state index is 13.0. The van der Waals surface area contributed by atoms with E-state index in [0.717, 1.165) is 35.4 Å². The third-order valence-electron chi connectivity index (χ3n) is 5.80. The summed E-state index contributed by atoms with van der Waals surface area (Å²) in [7, 11) is 0. The van der Waals surface area contributed by atoms with E-state index in [1.54, 1.807) is 6.26 Å². The molecule has 0 spiro atoms. The molecule has 1 aliphatic carbocycles. The van der Waals surface area contributed by atoms with Crippen LogP contribution in [0.5, 0.6) is 0 Å². The average Bonchev–Trinajstić information content (AvgIpc) is 3.43. The van der Waals surface area contributed by atoms with E-state index in [1.807, 2.05) is 54.8 Å². The largest absolute Gasteiger partial charge is 0.467 e. The van der Waals surface area contributed by atoms with Crippen molar-refractivity contribution in [2.24, 2.45) is 0 Å². The highest BCUT2D eigenvalue weighted by molar-refractivity contribution is 6.30. The first-order valence-corrected chi connectivity index (χ1v) is 10.7. The lowest BCUT2D eigenvalue weighted by atomic mass is 10.2. The topological polar surface area (TPSA) is 74.2 Å². The molecule has 1 fully saturated rings. The smallest absolute Gasteiger partial charge is 0.239 e. The maximum Gasteiger partial charge on any atom is 0.239 e. The van der Waals surface area contributed by atoms with E-state index in [2.05, 4.69) is 16.3 Å². The van der Waals surface area contributed by atoms with Gasteiger partial charge in [0.05, 0.1) is 24.9 Å². The number of hydrogen-bond acceptors (Lipinski definition) is 4. The van der Waals surface area contributed by atoms with Gasteiger partial charge >= 0.3 is 0 Å². The molecule has 160 valence electrons. The molecule has 1 saturated carbocycles. The molecule has 4 rings (SSSR count). The zero-order valence-corrected chi connectivity index (χ0v) is 18.4. The highest BCUT2D eigenvalue weighted by Gasteiger charge is 2.31. The zero-order chi connectivity index (χ0) is 22.0. The molecular formula is C24H25ClN4O2. The minimum Gasteiger partial charge on any atom is -0.467 e. The first-order chi connectivity index (χ1) is 15.0. The second-order valence-electron chi connectivity index (χ2n) is 8.02. The molecule has 6 nitrogen and oxygen atoms in total. The van der Waals surface area contributed by atoms with Gasteiger partial charge < -0.3 is 14.3 Å². The van der Waals surface area contributed by atoms with E-state index in [-0.39, 0.29) is 12.5 Å². The van der Waals surface area contributed by atoms with E-state index >= 15 is 0 Å². The standard InChI is InChI=1S/C24H25ClN4O2/c1-16-17(2)29(14-21-4-3-11-31-21)24(22(16)12-26)27-23(30)15-28(20-9-10-20)13-18-5-7-19(25)8-6-18/h3-8,11,20H,9-10,13-15H2,1-2H3,(H,27,30). The lowest BCUT2D eigenvalue weighted by molar-refractivity contribution is -0.117. The fourth-order valence-electron chi connectivity index (χ4n) is 3.82. The Labute approximate surface area is 187 Å². The van der Waals surface area contributed by atoms with Crippen LogP contribution in [0.3, 0.4) is 0 Å². The summed E-state index contributed by atoms with van der Waals surface area (Å²) in [6, 6.07) is 14.1. The van der Waals surface area contributed by atoms with Gasteiger partial charge in [0, 0.05) is 23.3 Å². The Hall–Kier alpha value is -3.01. The third-order valence-corrected chi connectivity index (χ3v) is 6.05. The molecular weight excluding hydrogens is 412 g/mol. The number of carbonyl (C=O) groups excluding carboxylic acids is 1. The predicted molar refractivity (Wildman–Crippen MR) is 120 cm³/mol. The minimum atomic E-state index is -0.129. The number of hydrogen-bond donors (Lipinski definition) is 1. The van der Waals surface area contributed by atoms with Crippen molar-refractivity contribution in [2.45, 2.75) is 45.8 Å². The van der Waals surface area contributed by atoms with Gasteiger partial charge in [0.15, 0.2) is 0 Å². The molecule has 0 bridgehead atoms. The number of benzene rings is 1. The summed E-state index contributed by atoms with van der Waals surface area (Å²) in [5.74, 6) is 1.16. The van der Waals surface area contributed by atoms with Gasteiger partial charge in [0.1, 0.15) is 17.6 Å². The Kier molecular flexibility index (Phi) is 6.17. The van der Waals surface area contributed by atoms with Gasteiger partial charge in [0.2, 0.25) is 5.91 Å². The van der Waals surface area contributed by atoms with Crippen LogP contribution >= 0.6 is 11.6 Å². The van der Waals surface area contributed by atoms with Crippen molar-refractivity contribution in [3.63, 3.8) is 0 Å². The fourth-order valence-corrected chi connectivity index (χ4v) is 3.95. The number of nitriles is 1. The lowest BCUT2D eigenvalue weighted by Crippen LogP contribution is -2.35. The van der Waals surface area contributed by atoms with Crippen molar-refractivity contribution in [3.8, 4) is 6.07 Å². The fraction of sp³-hybridized carbons (Fsp3) is 0.333. The first-order valence-electron chi connectivity index (χ1n) is 10.4. The molecule has 1 aliphatic rings. The summed E-state index contributed by atoms with van der Waals surface area (Å²) >= 11 is 5.99. The van der Waals surface area contributed by atoms with Gasteiger partial charge in [-0.1, -0.05) is 23.7 Å². The van der Waals surface area contributed by atoms with Crippen molar-refractivity contribution in [2.75, 3.05) is 11.9 Å². The number of rotatable bonds is 8. The lowest BCUT2D eigenvalue weighted by Gasteiger charge is -2.22. The second-order valence-corrected chi connectivity index (χ2v) is 8.46. The van der Waals surface area contributed by atoms with Gasteiger partial charge in [-0.2, -0.15) is 5.26 Å². The van der Waals surface area contributed by atoms with Crippen molar-refractivity contribution in [1.82, 2.24) is 9.47 Å². The van der Waals surface area contributed by atoms with Crippen LogP contribution in [0.2, 0.25) is 5.02 Å². The normalized spacial score (nSPS) is 13.4. The molecule has 2 heterocycles. The number of furan rings is 1. The predicted octanol–water partition coefficient (Wildman–Crippen LogP) is 4.87. The van der Waals surface area contributed by atoms with E-state index in [0.29, 0.717) is 35.5 Å². The number of carbonyl (C=O) groups is 1. The third kappa shape index (κ3) is 4.84. The van der Waals surface area contributed by atoms with Gasteiger partial charge in [-0.25, -0.2) is 0 Å². The Balaban J connectivity index is 1.52. The van der Waals surface area contributed by atoms with Gasteiger partial charge in [0.25, 0.3) is 0 Å². The summed E-state index contributed by atoms with van der Waals surface area (Å²) in [6.07, 6.45) is 3.81. The summed E-state index contributed by atoms with van der Waals surface area (Å²) in [5, 5.41) is 13.4. The quantitative estimate of drug-likeness (QED) is 0.546. The van der Waals surface area contributed by atoms with Crippen molar-refractivity contribution in [3.05, 3.63) is 75.8 Å². The Morgan fingerprint density at radius 1 is 1.29 bits per heavy atom. The SMILES string of the molecule is Cc1c(C#N)c(NC(=O)CN(Cc2ccc(Cl)cc2)C2CC2)n(Cc2ccco2)c1C. The van der Waals surface area contributed by atoms with Crippen LogP contribution in [0, 0.1) is 25.2 Å². The van der Waals surface area contributed by atoms with Crippen LogP contribution in [-0.4, -0.2) is 28.0 Å². The number of nitrogens with one attached hydrogen (secondary N) is 1. The molecule has 1 amide bonds. The molecule has 2 aromatic heterocycles. The summed E-state index contributed by atoms with van der Waals surface area (Å²) in [4.78, 5) is 15.2. The molecule has 0 unspecified atom stereocenters. The van der Waals surface area contributed by atoms with Gasteiger partial charge in [-0.15, -0.1) is 0 Å². The minimum absolute atomic E-state index is 0.129. The number of aromatic nitrogens is 1. The molecule has 1 aromatic carbocycles. The van der Waals surface area contributed by atoms with Crippen LogP contribution in [-0.2, 0) is 17.9 Å². The Morgan fingerprint density at radius 3 is 2.65 bits per heavy atom. The van der Waals surface area contributed by atoms with Crippen molar-refractivity contribution < 1.29 is 9.21 Å². The van der Waals surface area contributed by atoms with Gasteiger partial charge in [-0.3, -0.25) is 9.69 Å². The molecule has 1 N–H and O–H groups in total. The second kappa shape index (κ2) is 9.01. The van der Waals surface area contributed by atoms with Crippen LogP contribution in [0.1, 0.15) is 41.0 Å². The van der Waals surface area contributed by atoms with Crippen LogP contribution in [0.15, 0.2) is 47.1 Å². The Morgan fingerprint density at radius 2 is 2.03 bits per heavy atom. The van der Waals surface area contributed by atoms with E-state index in [9.17, 15) is 10.1 Å². The summed E-state index contributed by atoms with van der Waals surface area (Å²) < 4.78 is 7.42. The maximum absolute atomic E-state index is 13.0. The van der Waals surface area contributed by atoms with Crippen molar-refractivity contribution in [1.29, 1.82) is 5.26 Å². The summed E-state index contributed by atoms with van der Waals surface area (Å²) in [5.41, 5.74) is 3.41. The van der Waals surface area contributed by atoms with E-state index < -0.39 is 0 Å². The van der Waals surface area contributed by atoms with Crippen LogP contribution < -0.4 is 5.32 Å². The molecule has 0 saturated heterocycles. The van der Waals surface area contributed by atoms with E-state index in [1.165, 1.54) is 0 Å². The molecule has 3 aromatic rings. The number of nitrogens with zero attached hydrogens (tertiary/aromatic N) is 3. The molecule has 7 heteroatoms. The number of anilines is 1. The number of amides is 1. The van der Waals surface area contributed by atoms with Crippen LogP contribution in [0.25, 0.3) is 0 Å². The molecule has 0 aliphatic heterocycles. The van der Waals surface area contributed by atoms with Crippen LogP contribution in [0.4, 0.5) is 5.82 Å². The highest BCUT2D eigenvalue weighted by atomic mass is 35.5. The highest BCUT2D eigenvalue weighted by Crippen LogP contribution is 2.30. The molecule has 31 heavy (non-hydrogen) atoms. The average molecular weight is 437 g/mol. The van der Waals surface area contributed by atoms with Gasteiger partial charge in [-0.05, 0) is 62.1 Å².